The molecule has 0 radical (unpaired) electrons. The molecule has 0 bridgehead atoms. The number of nitrogens with one attached hydrogen (secondary N) is 1. The van der Waals surface area contributed by atoms with Gasteiger partial charge in [0.1, 0.15) is 24.1 Å². The number of amides is 2. The third-order valence-electron chi connectivity index (χ3n) is 8.23. The number of ether oxygens (including phenoxy) is 1. The predicted octanol–water partition coefficient (Wildman–Crippen LogP) is 7.88. The number of hydrogen-bond acceptors (Lipinski definition) is 5. The van der Waals surface area contributed by atoms with Gasteiger partial charge in [-0.3, -0.25) is 13.9 Å². The first-order chi connectivity index (χ1) is 24.1. The van der Waals surface area contributed by atoms with Crippen molar-refractivity contribution in [1.82, 2.24) is 10.2 Å². The van der Waals surface area contributed by atoms with Gasteiger partial charge in [-0.25, -0.2) is 8.42 Å². The SMILES string of the molecule is CCC(C)NC(=O)C(Cc1ccccc1)N(Cc1cccc(Cl)c1)C(=O)CN(c1ccc(Oc2ccccc2)cc1)S(=O)(=O)c1ccccc1. The number of nitrogens with zero attached hydrogens (tertiary/aromatic N) is 2. The van der Waals surface area contributed by atoms with Gasteiger partial charge in [-0.1, -0.05) is 97.4 Å². The summed E-state index contributed by atoms with van der Waals surface area (Å²) in [6.07, 6.45) is 0.908. The number of para-hydroxylation sites is 1. The van der Waals surface area contributed by atoms with E-state index >= 15 is 0 Å². The maximum Gasteiger partial charge on any atom is 0.264 e. The molecule has 50 heavy (non-hydrogen) atoms. The smallest absolute Gasteiger partial charge is 0.264 e. The lowest BCUT2D eigenvalue weighted by Gasteiger charge is -2.34. The molecule has 2 amide bonds. The number of benzene rings is 5. The Hall–Kier alpha value is -5.12. The number of anilines is 1. The third kappa shape index (κ3) is 9.52. The van der Waals surface area contributed by atoms with E-state index in [0.29, 0.717) is 28.5 Å². The first-order valence-corrected chi connectivity index (χ1v) is 18.2. The standard InChI is InChI=1S/C40H40ClN3O5S/c1-3-30(2)42-40(46)38(27-31-14-7-4-8-15-31)43(28-32-16-13-17-33(41)26-32)39(45)29-44(50(47,48)37-20-11-6-12-21-37)34-22-24-36(25-23-34)49-35-18-9-5-10-19-35/h4-26,30,38H,3,27-29H2,1-2H3,(H,42,46). The Morgan fingerprint density at radius 1 is 0.760 bits per heavy atom. The average Bonchev–Trinajstić information content (AvgIpc) is 3.13. The first-order valence-electron chi connectivity index (χ1n) is 16.4. The Labute approximate surface area is 299 Å². The minimum absolute atomic E-state index is 0.0217. The molecule has 0 fully saturated rings. The highest BCUT2D eigenvalue weighted by Crippen LogP contribution is 2.29. The van der Waals surface area contributed by atoms with E-state index in [1.165, 1.54) is 17.0 Å². The topological polar surface area (TPSA) is 96.0 Å². The summed E-state index contributed by atoms with van der Waals surface area (Å²) in [5.41, 5.74) is 1.80. The van der Waals surface area contributed by atoms with Crippen LogP contribution in [0.5, 0.6) is 11.5 Å². The summed E-state index contributed by atoms with van der Waals surface area (Å²) in [7, 11) is -4.24. The van der Waals surface area contributed by atoms with Gasteiger partial charge < -0.3 is 15.0 Å². The van der Waals surface area contributed by atoms with Crippen molar-refractivity contribution in [2.24, 2.45) is 0 Å². The van der Waals surface area contributed by atoms with E-state index in [9.17, 15) is 18.0 Å². The summed E-state index contributed by atoms with van der Waals surface area (Å²) >= 11 is 6.34. The number of carbonyl (C=O) groups excluding carboxylic acids is 2. The van der Waals surface area contributed by atoms with E-state index in [2.05, 4.69) is 5.32 Å². The summed E-state index contributed by atoms with van der Waals surface area (Å²) in [6.45, 7) is 3.32. The molecule has 0 spiro atoms. The van der Waals surface area contributed by atoms with Gasteiger partial charge in [-0.2, -0.15) is 0 Å². The Balaban J connectivity index is 1.55. The van der Waals surface area contributed by atoms with Gasteiger partial charge in [-0.05, 0) is 85.1 Å². The van der Waals surface area contributed by atoms with Crippen LogP contribution in [0.15, 0.2) is 144 Å². The van der Waals surface area contributed by atoms with Crippen molar-refractivity contribution in [3.05, 3.63) is 156 Å². The molecular weight excluding hydrogens is 670 g/mol. The lowest BCUT2D eigenvalue weighted by Crippen LogP contribution is -2.54. The molecule has 5 rings (SSSR count). The maximum absolute atomic E-state index is 14.7. The predicted molar refractivity (Wildman–Crippen MR) is 198 cm³/mol. The average molecular weight is 710 g/mol. The van der Waals surface area contributed by atoms with Crippen LogP contribution >= 0.6 is 11.6 Å². The van der Waals surface area contributed by atoms with Crippen LogP contribution in [0.25, 0.3) is 0 Å². The monoisotopic (exact) mass is 709 g/mol. The lowest BCUT2D eigenvalue weighted by atomic mass is 10.0. The van der Waals surface area contributed by atoms with Crippen LogP contribution in [-0.4, -0.2) is 43.8 Å². The van der Waals surface area contributed by atoms with E-state index in [4.69, 9.17) is 16.3 Å². The second-order valence-corrected chi connectivity index (χ2v) is 14.2. The van der Waals surface area contributed by atoms with Crippen molar-refractivity contribution in [2.75, 3.05) is 10.8 Å². The van der Waals surface area contributed by atoms with E-state index in [1.54, 1.807) is 60.7 Å². The summed E-state index contributed by atoms with van der Waals surface area (Å²) in [5.74, 6) is 0.226. The molecule has 8 nitrogen and oxygen atoms in total. The fraction of sp³-hybridized carbons (Fsp3) is 0.200. The van der Waals surface area contributed by atoms with E-state index in [1.807, 2.05) is 80.6 Å². The number of rotatable bonds is 15. The summed E-state index contributed by atoms with van der Waals surface area (Å²) < 4.78 is 35.6. The molecule has 5 aromatic carbocycles. The second kappa shape index (κ2) is 17.0. The van der Waals surface area contributed by atoms with Crippen LogP contribution in [0.4, 0.5) is 5.69 Å². The van der Waals surface area contributed by atoms with Gasteiger partial charge in [-0.15, -0.1) is 0 Å². The van der Waals surface area contributed by atoms with Crippen LogP contribution in [0.2, 0.25) is 5.02 Å². The molecule has 10 heteroatoms. The van der Waals surface area contributed by atoms with Crippen molar-refractivity contribution >= 4 is 39.1 Å². The van der Waals surface area contributed by atoms with Crippen molar-refractivity contribution < 1.29 is 22.7 Å². The summed E-state index contributed by atoms with van der Waals surface area (Å²) in [5, 5.41) is 3.52. The molecule has 0 aliphatic heterocycles. The maximum atomic E-state index is 14.7. The lowest BCUT2D eigenvalue weighted by molar-refractivity contribution is -0.140. The zero-order chi connectivity index (χ0) is 35.5. The van der Waals surface area contributed by atoms with E-state index < -0.39 is 28.5 Å². The van der Waals surface area contributed by atoms with Crippen LogP contribution in [0.3, 0.4) is 0 Å². The highest BCUT2D eigenvalue weighted by molar-refractivity contribution is 7.92. The zero-order valence-electron chi connectivity index (χ0n) is 28.0. The molecule has 0 heterocycles. The molecule has 0 saturated carbocycles. The fourth-order valence-electron chi connectivity index (χ4n) is 5.38. The molecule has 2 atom stereocenters. The quantitative estimate of drug-likeness (QED) is 0.119. The second-order valence-electron chi connectivity index (χ2n) is 11.9. The van der Waals surface area contributed by atoms with Crippen LogP contribution in [0, 0.1) is 0 Å². The highest BCUT2D eigenvalue weighted by Gasteiger charge is 2.35. The molecule has 0 saturated heterocycles. The molecular formula is C40H40ClN3O5S. The molecule has 5 aromatic rings. The van der Waals surface area contributed by atoms with Gasteiger partial charge in [0.2, 0.25) is 11.8 Å². The number of carbonyl (C=O) groups is 2. The Morgan fingerprint density at radius 3 is 1.96 bits per heavy atom. The molecule has 258 valence electrons. The van der Waals surface area contributed by atoms with Gasteiger partial charge in [0, 0.05) is 24.0 Å². The van der Waals surface area contributed by atoms with Gasteiger partial charge >= 0.3 is 0 Å². The number of sulfonamides is 1. The van der Waals surface area contributed by atoms with Crippen LogP contribution in [0.1, 0.15) is 31.4 Å². The fourth-order valence-corrected chi connectivity index (χ4v) is 7.03. The third-order valence-corrected chi connectivity index (χ3v) is 10.3. The van der Waals surface area contributed by atoms with Crippen LogP contribution < -0.4 is 14.4 Å². The number of halogens is 1. The summed E-state index contributed by atoms with van der Waals surface area (Å²) in [6, 6.07) is 39.1. The first kappa shape index (κ1) is 36.2. The molecule has 0 aromatic heterocycles. The van der Waals surface area contributed by atoms with Crippen molar-refractivity contribution in [2.45, 2.75) is 50.2 Å². The number of hydrogen-bond donors (Lipinski definition) is 1. The van der Waals surface area contributed by atoms with E-state index in [0.717, 1.165) is 9.87 Å². The highest BCUT2D eigenvalue weighted by atomic mass is 35.5. The zero-order valence-corrected chi connectivity index (χ0v) is 29.6. The minimum atomic E-state index is -4.24. The van der Waals surface area contributed by atoms with Crippen LogP contribution in [-0.2, 0) is 32.6 Å². The Morgan fingerprint density at radius 2 is 1.34 bits per heavy atom. The largest absolute Gasteiger partial charge is 0.457 e. The van der Waals surface area contributed by atoms with E-state index in [-0.39, 0.29) is 35.5 Å². The molecule has 0 aliphatic carbocycles. The normalized spacial score (nSPS) is 12.4. The van der Waals surface area contributed by atoms with Crippen molar-refractivity contribution in [3.8, 4) is 11.5 Å². The van der Waals surface area contributed by atoms with Gasteiger partial charge in [0.25, 0.3) is 10.0 Å². The minimum Gasteiger partial charge on any atom is -0.457 e. The molecule has 1 N–H and O–H groups in total. The van der Waals surface area contributed by atoms with Crippen molar-refractivity contribution in [1.29, 1.82) is 0 Å². The Kier molecular flexibility index (Phi) is 12.3. The Bertz CT molecular complexity index is 1960. The summed E-state index contributed by atoms with van der Waals surface area (Å²) in [4.78, 5) is 30.2. The van der Waals surface area contributed by atoms with Gasteiger partial charge in [0.05, 0.1) is 10.6 Å². The van der Waals surface area contributed by atoms with Gasteiger partial charge in [0.15, 0.2) is 0 Å². The molecule has 2 unspecified atom stereocenters. The van der Waals surface area contributed by atoms with Crippen molar-refractivity contribution in [3.63, 3.8) is 0 Å². The molecule has 0 aliphatic rings.